The van der Waals surface area contributed by atoms with Crippen molar-refractivity contribution < 1.29 is 4.74 Å². The van der Waals surface area contributed by atoms with E-state index in [1.165, 1.54) is 15.2 Å². The lowest BCUT2D eigenvalue weighted by Crippen LogP contribution is -2.27. The number of fused-ring (bicyclic) bond motifs is 2. The van der Waals surface area contributed by atoms with Crippen LogP contribution >= 0.6 is 11.8 Å². The minimum absolute atomic E-state index is 0.527. The highest BCUT2D eigenvalue weighted by Crippen LogP contribution is 2.33. The monoisotopic (exact) mass is 354 g/mol. The van der Waals surface area contributed by atoms with E-state index in [4.69, 9.17) is 0 Å². The summed E-state index contributed by atoms with van der Waals surface area (Å²) in [4.78, 5) is 3.56. The SMILES string of the molecule is CCN(CC)CCC/[N+]([O-])=C1\c2ccccc2CSc2ccccc21. The third-order valence-corrected chi connectivity index (χ3v) is 5.90. The van der Waals surface area contributed by atoms with Crippen molar-refractivity contribution in [1.29, 1.82) is 0 Å². The second kappa shape index (κ2) is 8.54. The minimum atomic E-state index is 0.527. The average molecular weight is 355 g/mol. The Hall–Kier alpha value is -1.78. The summed E-state index contributed by atoms with van der Waals surface area (Å²) < 4.78 is 1.22. The molecular formula is C21H26N2OS. The molecule has 2 aromatic carbocycles. The van der Waals surface area contributed by atoms with E-state index in [0.29, 0.717) is 6.54 Å². The van der Waals surface area contributed by atoms with E-state index in [0.717, 1.165) is 48.6 Å². The molecule has 1 heterocycles. The van der Waals surface area contributed by atoms with Gasteiger partial charge in [-0.1, -0.05) is 44.2 Å². The van der Waals surface area contributed by atoms with Crippen molar-refractivity contribution in [3.8, 4) is 0 Å². The molecule has 0 unspecified atom stereocenters. The van der Waals surface area contributed by atoms with Crippen molar-refractivity contribution in [1.82, 2.24) is 4.90 Å². The van der Waals surface area contributed by atoms with Gasteiger partial charge in [0.25, 0.3) is 0 Å². The topological polar surface area (TPSA) is 29.3 Å². The fourth-order valence-electron chi connectivity index (χ4n) is 3.32. The highest BCUT2D eigenvalue weighted by atomic mass is 32.2. The van der Waals surface area contributed by atoms with Crippen molar-refractivity contribution in [2.75, 3.05) is 26.2 Å². The lowest BCUT2D eigenvalue weighted by molar-refractivity contribution is -0.457. The Balaban J connectivity index is 1.95. The normalized spacial score (nSPS) is 15.5. The smallest absolute Gasteiger partial charge is 0.227 e. The molecule has 1 aliphatic heterocycles. The van der Waals surface area contributed by atoms with Crippen LogP contribution in [0.5, 0.6) is 0 Å². The van der Waals surface area contributed by atoms with Crippen LogP contribution in [0.25, 0.3) is 0 Å². The number of hydroxylamine groups is 1. The minimum Gasteiger partial charge on any atom is -0.623 e. The molecule has 4 heteroatoms. The molecule has 0 atom stereocenters. The van der Waals surface area contributed by atoms with Gasteiger partial charge in [0.05, 0.1) is 11.1 Å². The van der Waals surface area contributed by atoms with Gasteiger partial charge < -0.3 is 10.1 Å². The lowest BCUT2D eigenvalue weighted by atomic mass is 9.98. The molecule has 0 radical (unpaired) electrons. The first-order valence-electron chi connectivity index (χ1n) is 9.09. The first-order chi connectivity index (χ1) is 12.2. The second-order valence-corrected chi connectivity index (χ2v) is 7.29. The van der Waals surface area contributed by atoms with Gasteiger partial charge in [0.15, 0.2) is 6.54 Å². The standard InChI is InChI=1S/C21H26N2OS/c1-3-22(4-2)14-9-15-23(24)21-18-11-6-5-10-17(18)16-25-20-13-8-7-12-19(20)21/h5-8,10-13H,3-4,9,14-16H2,1-2H3/b23-21-. The van der Waals surface area contributed by atoms with E-state index in [2.05, 4.69) is 55.1 Å². The van der Waals surface area contributed by atoms with Gasteiger partial charge >= 0.3 is 0 Å². The summed E-state index contributed by atoms with van der Waals surface area (Å²) in [5.41, 5.74) is 4.21. The maximum atomic E-state index is 13.1. The third kappa shape index (κ3) is 4.07. The fourth-order valence-corrected chi connectivity index (χ4v) is 4.38. The second-order valence-electron chi connectivity index (χ2n) is 6.27. The summed E-state index contributed by atoms with van der Waals surface area (Å²) in [7, 11) is 0. The van der Waals surface area contributed by atoms with Gasteiger partial charge in [0.2, 0.25) is 5.71 Å². The molecule has 0 amide bonds. The molecule has 2 aromatic rings. The summed E-state index contributed by atoms with van der Waals surface area (Å²) >= 11 is 1.81. The van der Waals surface area contributed by atoms with Crippen molar-refractivity contribution in [2.45, 2.75) is 30.9 Å². The molecule has 3 nitrogen and oxygen atoms in total. The zero-order valence-electron chi connectivity index (χ0n) is 15.1. The molecule has 0 aliphatic carbocycles. The van der Waals surface area contributed by atoms with Gasteiger partial charge in [-0.05, 0) is 36.9 Å². The highest BCUT2D eigenvalue weighted by molar-refractivity contribution is 7.98. The predicted octanol–water partition coefficient (Wildman–Crippen LogP) is 4.37. The van der Waals surface area contributed by atoms with Gasteiger partial charge in [-0.25, -0.2) is 4.74 Å². The molecule has 0 saturated heterocycles. The van der Waals surface area contributed by atoms with Crippen molar-refractivity contribution in [2.24, 2.45) is 0 Å². The average Bonchev–Trinajstić information content (AvgIpc) is 2.82. The molecule has 0 bridgehead atoms. The van der Waals surface area contributed by atoms with Crippen LogP contribution in [0, 0.1) is 5.21 Å². The van der Waals surface area contributed by atoms with E-state index < -0.39 is 0 Å². The van der Waals surface area contributed by atoms with Gasteiger partial charge in [0, 0.05) is 23.6 Å². The molecule has 0 spiro atoms. The quantitative estimate of drug-likeness (QED) is 0.438. The van der Waals surface area contributed by atoms with Crippen molar-refractivity contribution >= 4 is 17.5 Å². The number of benzene rings is 2. The lowest BCUT2D eigenvalue weighted by Gasteiger charge is -2.18. The van der Waals surface area contributed by atoms with Gasteiger partial charge in [-0.15, -0.1) is 11.8 Å². The molecular weight excluding hydrogens is 328 g/mol. The van der Waals surface area contributed by atoms with Crippen molar-refractivity contribution in [3.63, 3.8) is 0 Å². The zero-order valence-corrected chi connectivity index (χ0v) is 15.9. The first-order valence-corrected chi connectivity index (χ1v) is 10.1. The Labute approximate surface area is 155 Å². The van der Waals surface area contributed by atoms with Gasteiger partial charge in [-0.2, -0.15) is 0 Å². The van der Waals surface area contributed by atoms with Crippen LogP contribution < -0.4 is 0 Å². The molecule has 0 fully saturated rings. The van der Waals surface area contributed by atoms with Crippen LogP contribution in [0.3, 0.4) is 0 Å². The van der Waals surface area contributed by atoms with E-state index in [1.807, 2.05) is 23.9 Å². The zero-order chi connectivity index (χ0) is 17.6. The molecule has 132 valence electrons. The first kappa shape index (κ1) is 18.0. The largest absolute Gasteiger partial charge is 0.623 e. The van der Waals surface area contributed by atoms with E-state index in [-0.39, 0.29) is 0 Å². The predicted molar refractivity (Wildman–Crippen MR) is 107 cm³/mol. The molecule has 25 heavy (non-hydrogen) atoms. The molecule has 0 saturated carbocycles. The van der Waals surface area contributed by atoms with Crippen molar-refractivity contribution in [3.05, 3.63) is 70.4 Å². The van der Waals surface area contributed by atoms with E-state index in [1.54, 1.807) is 0 Å². The highest BCUT2D eigenvalue weighted by Gasteiger charge is 2.25. The van der Waals surface area contributed by atoms with Crippen LogP contribution in [0.1, 0.15) is 37.0 Å². The summed E-state index contributed by atoms with van der Waals surface area (Å²) in [5, 5.41) is 13.1. The summed E-state index contributed by atoms with van der Waals surface area (Å²) in [6, 6.07) is 16.6. The summed E-state index contributed by atoms with van der Waals surface area (Å²) in [6.45, 7) is 7.91. The van der Waals surface area contributed by atoms with Crippen LogP contribution in [-0.2, 0) is 5.75 Å². The van der Waals surface area contributed by atoms with E-state index in [9.17, 15) is 5.21 Å². The molecule has 1 aliphatic rings. The number of hydrogen-bond acceptors (Lipinski definition) is 3. The Bertz CT molecular complexity index is 704. The maximum Gasteiger partial charge on any atom is 0.227 e. The Morgan fingerprint density at radius 1 is 1.00 bits per heavy atom. The van der Waals surface area contributed by atoms with Gasteiger partial charge in [0.1, 0.15) is 0 Å². The molecule has 0 aromatic heterocycles. The maximum absolute atomic E-state index is 13.1. The number of thioether (sulfide) groups is 1. The van der Waals surface area contributed by atoms with E-state index >= 15 is 0 Å². The van der Waals surface area contributed by atoms with Crippen LogP contribution in [0.15, 0.2) is 53.4 Å². The third-order valence-electron chi connectivity index (χ3n) is 4.78. The van der Waals surface area contributed by atoms with Crippen LogP contribution in [-0.4, -0.2) is 41.5 Å². The molecule has 0 N–H and O–H groups in total. The van der Waals surface area contributed by atoms with Crippen LogP contribution in [0.4, 0.5) is 0 Å². The fraction of sp³-hybridized carbons (Fsp3) is 0.381. The Kier molecular flexibility index (Phi) is 6.16. The van der Waals surface area contributed by atoms with Crippen LogP contribution in [0.2, 0.25) is 0 Å². The summed E-state index contributed by atoms with van der Waals surface area (Å²) in [5.74, 6) is 0.907. The number of nitrogens with zero attached hydrogens (tertiary/aromatic N) is 2. The number of rotatable bonds is 6. The number of hydrogen-bond donors (Lipinski definition) is 0. The Morgan fingerprint density at radius 2 is 1.68 bits per heavy atom. The summed E-state index contributed by atoms with van der Waals surface area (Å²) in [6.07, 6.45) is 0.881. The van der Waals surface area contributed by atoms with Gasteiger partial charge in [-0.3, -0.25) is 0 Å². The molecule has 3 rings (SSSR count). The Morgan fingerprint density at radius 3 is 2.44 bits per heavy atom.